The zero-order valence-electron chi connectivity index (χ0n) is 12.1. The lowest BCUT2D eigenvalue weighted by molar-refractivity contribution is 0.414. The highest BCUT2D eigenvalue weighted by atomic mass is 32.2. The monoisotopic (exact) mass is 278 g/mol. The average molecular weight is 278 g/mol. The molecule has 0 aromatic heterocycles. The maximum absolute atomic E-state index is 5.17. The molecule has 0 amide bonds. The number of hydrogen-bond donors (Lipinski definition) is 1. The zero-order chi connectivity index (χ0) is 13.9. The molecule has 19 heavy (non-hydrogen) atoms. The number of benzene rings is 1. The van der Waals surface area contributed by atoms with Crippen LogP contribution in [0.15, 0.2) is 29.3 Å². The van der Waals surface area contributed by atoms with Crippen LogP contribution in [0.5, 0.6) is 5.75 Å². The van der Waals surface area contributed by atoms with E-state index in [9.17, 15) is 0 Å². The number of aliphatic imine (C=N–C) groups is 1. The van der Waals surface area contributed by atoms with Gasteiger partial charge in [-0.1, -0.05) is 23.9 Å². The smallest absolute Gasteiger partial charge is 0.157 e. The lowest BCUT2D eigenvalue weighted by Crippen LogP contribution is -2.46. The van der Waals surface area contributed by atoms with E-state index in [-0.39, 0.29) is 11.6 Å². The normalized spacial score (nSPS) is 21.8. The number of thioether (sulfide) groups is 1. The van der Waals surface area contributed by atoms with Crippen LogP contribution in [-0.2, 0) is 0 Å². The zero-order valence-corrected chi connectivity index (χ0v) is 12.9. The van der Waals surface area contributed by atoms with Crippen molar-refractivity contribution in [1.29, 1.82) is 0 Å². The molecule has 1 aliphatic heterocycles. The van der Waals surface area contributed by atoms with Gasteiger partial charge in [0.15, 0.2) is 5.17 Å². The minimum atomic E-state index is 0.156. The molecule has 0 aliphatic carbocycles. The minimum absolute atomic E-state index is 0.156. The van der Waals surface area contributed by atoms with Gasteiger partial charge in [-0.05, 0) is 44.9 Å². The topological polar surface area (TPSA) is 33.6 Å². The maximum Gasteiger partial charge on any atom is 0.157 e. The Morgan fingerprint density at radius 1 is 1.32 bits per heavy atom. The van der Waals surface area contributed by atoms with Gasteiger partial charge in [0.05, 0.1) is 13.2 Å². The summed E-state index contributed by atoms with van der Waals surface area (Å²) in [5.74, 6) is 2.02. The molecule has 2 rings (SSSR count). The highest BCUT2D eigenvalue weighted by molar-refractivity contribution is 8.13. The Labute approximate surface area is 119 Å². The van der Waals surface area contributed by atoms with Crippen LogP contribution in [-0.4, -0.2) is 23.6 Å². The van der Waals surface area contributed by atoms with Crippen LogP contribution in [0.4, 0.5) is 0 Å². The second-order valence-corrected chi connectivity index (χ2v) is 6.57. The van der Waals surface area contributed by atoms with E-state index < -0.39 is 0 Å². The molecule has 1 fully saturated rings. The van der Waals surface area contributed by atoms with Gasteiger partial charge in [-0.2, -0.15) is 0 Å². The van der Waals surface area contributed by atoms with Crippen molar-refractivity contribution in [2.24, 2.45) is 4.99 Å². The standard InChI is InChI=1S/C15H22N2OS/c1-11(12-5-7-13(18-4)8-6-12)16-14-17-15(2,3)9-10-19-14/h5-8,11H,9-10H2,1-4H3,(H,16,17). The van der Waals surface area contributed by atoms with Crippen molar-refractivity contribution in [2.45, 2.75) is 38.8 Å². The third kappa shape index (κ3) is 3.90. The number of nitrogens with zero attached hydrogens (tertiary/aromatic N) is 1. The number of hydrogen-bond acceptors (Lipinski definition) is 3. The van der Waals surface area contributed by atoms with E-state index >= 15 is 0 Å². The molecule has 104 valence electrons. The Bertz CT molecular complexity index is 454. The average Bonchev–Trinajstić information content (AvgIpc) is 2.37. The number of ether oxygens (including phenoxy) is 1. The van der Waals surface area contributed by atoms with E-state index in [2.05, 4.69) is 38.2 Å². The Morgan fingerprint density at radius 3 is 2.58 bits per heavy atom. The van der Waals surface area contributed by atoms with Gasteiger partial charge in [0.25, 0.3) is 0 Å². The first-order valence-corrected chi connectivity index (χ1v) is 7.61. The van der Waals surface area contributed by atoms with Gasteiger partial charge >= 0.3 is 0 Å². The van der Waals surface area contributed by atoms with Crippen molar-refractivity contribution in [3.05, 3.63) is 29.8 Å². The lowest BCUT2D eigenvalue weighted by Gasteiger charge is -2.32. The van der Waals surface area contributed by atoms with E-state index in [1.165, 1.54) is 12.0 Å². The molecule has 0 saturated carbocycles. The van der Waals surface area contributed by atoms with Crippen LogP contribution < -0.4 is 10.1 Å². The van der Waals surface area contributed by atoms with Crippen LogP contribution in [0.2, 0.25) is 0 Å². The quantitative estimate of drug-likeness (QED) is 0.917. The SMILES string of the molecule is COc1ccc(C(C)N=C2NC(C)(C)CCS2)cc1. The molecular weight excluding hydrogens is 256 g/mol. The third-order valence-corrected chi connectivity index (χ3v) is 4.21. The Kier molecular flexibility index (Phi) is 4.40. The second-order valence-electron chi connectivity index (χ2n) is 5.49. The summed E-state index contributed by atoms with van der Waals surface area (Å²) in [6.07, 6.45) is 1.17. The molecule has 0 radical (unpaired) electrons. The molecular formula is C15H22N2OS. The van der Waals surface area contributed by atoms with Gasteiger partial charge in [-0.25, -0.2) is 0 Å². The molecule has 1 aromatic carbocycles. The summed E-state index contributed by atoms with van der Waals surface area (Å²) >= 11 is 1.81. The van der Waals surface area contributed by atoms with Crippen molar-refractivity contribution in [1.82, 2.24) is 5.32 Å². The predicted octanol–water partition coefficient (Wildman–Crippen LogP) is 3.62. The van der Waals surface area contributed by atoms with Gasteiger partial charge in [0.2, 0.25) is 0 Å². The summed E-state index contributed by atoms with van der Waals surface area (Å²) in [5, 5.41) is 4.56. The second kappa shape index (κ2) is 5.87. The third-order valence-electron chi connectivity index (χ3n) is 3.32. The van der Waals surface area contributed by atoms with Crippen molar-refractivity contribution >= 4 is 16.9 Å². The van der Waals surface area contributed by atoms with Crippen LogP contribution in [0.1, 0.15) is 38.8 Å². The predicted molar refractivity (Wildman–Crippen MR) is 83.1 cm³/mol. The number of amidine groups is 1. The first-order chi connectivity index (χ1) is 9.00. The molecule has 1 saturated heterocycles. The number of rotatable bonds is 3. The molecule has 0 bridgehead atoms. The molecule has 1 N–H and O–H groups in total. The van der Waals surface area contributed by atoms with E-state index in [1.54, 1.807) is 7.11 Å². The van der Waals surface area contributed by atoms with E-state index in [0.29, 0.717) is 0 Å². The van der Waals surface area contributed by atoms with Crippen LogP contribution >= 0.6 is 11.8 Å². The van der Waals surface area contributed by atoms with Crippen molar-refractivity contribution in [3.8, 4) is 5.75 Å². The molecule has 0 spiro atoms. The molecule has 1 unspecified atom stereocenters. The van der Waals surface area contributed by atoms with Crippen LogP contribution in [0, 0.1) is 0 Å². The summed E-state index contributed by atoms with van der Waals surface area (Å²) < 4.78 is 5.17. The van der Waals surface area contributed by atoms with Crippen molar-refractivity contribution in [2.75, 3.05) is 12.9 Å². The van der Waals surface area contributed by atoms with Crippen molar-refractivity contribution < 1.29 is 4.74 Å². The van der Waals surface area contributed by atoms with Gasteiger partial charge in [0.1, 0.15) is 5.75 Å². The summed E-state index contributed by atoms with van der Waals surface area (Å²) in [6, 6.07) is 8.28. The van der Waals surface area contributed by atoms with Gasteiger partial charge < -0.3 is 10.1 Å². The van der Waals surface area contributed by atoms with Gasteiger partial charge in [-0.3, -0.25) is 4.99 Å². The van der Waals surface area contributed by atoms with Crippen LogP contribution in [0.3, 0.4) is 0 Å². The minimum Gasteiger partial charge on any atom is -0.497 e. The summed E-state index contributed by atoms with van der Waals surface area (Å²) in [7, 11) is 1.68. The Balaban J connectivity index is 2.08. The lowest BCUT2D eigenvalue weighted by atomic mass is 10.0. The molecule has 4 heteroatoms. The fourth-order valence-corrected chi connectivity index (χ4v) is 3.38. The first-order valence-electron chi connectivity index (χ1n) is 6.63. The first kappa shape index (κ1) is 14.3. The molecule has 1 atom stereocenters. The van der Waals surface area contributed by atoms with Gasteiger partial charge in [-0.15, -0.1) is 0 Å². The van der Waals surface area contributed by atoms with E-state index in [1.807, 2.05) is 23.9 Å². The molecule has 1 aliphatic rings. The largest absolute Gasteiger partial charge is 0.497 e. The summed E-state index contributed by atoms with van der Waals surface area (Å²) in [4.78, 5) is 4.79. The van der Waals surface area contributed by atoms with Gasteiger partial charge in [0, 0.05) is 11.3 Å². The van der Waals surface area contributed by atoms with Crippen molar-refractivity contribution in [3.63, 3.8) is 0 Å². The highest BCUT2D eigenvalue weighted by Crippen LogP contribution is 2.25. The maximum atomic E-state index is 5.17. The van der Waals surface area contributed by atoms with E-state index in [0.717, 1.165) is 16.7 Å². The fourth-order valence-electron chi connectivity index (χ4n) is 1.99. The summed E-state index contributed by atoms with van der Waals surface area (Å²) in [5.41, 5.74) is 1.36. The Morgan fingerprint density at radius 2 is 2.00 bits per heavy atom. The molecule has 3 nitrogen and oxygen atoms in total. The molecule has 1 heterocycles. The van der Waals surface area contributed by atoms with Crippen LogP contribution in [0.25, 0.3) is 0 Å². The fraction of sp³-hybridized carbons (Fsp3) is 0.533. The number of methoxy groups -OCH3 is 1. The summed E-state index contributed by atoms with van der Waals surface area (Å²) in [6.45, 7) is 6.57. The number of nitrogens with one attached hydrogen (secondary N) is 1. The van der Waals surface area contributed by atoms with E-state index in [4.69, 9.17) is 9.73 Å². The highest BCUT2D eigenvalue weighted by Gasteiger charge is 2.24. The molecule has 1 aromatic rings. The Hall–Kier alpha value is -1.16.